The smallest absolute Gasteiger partial charge is 0.349 e. The van der Waals surface area contributed by atoms with E-state index >= 15 is 0 Å². The largest absolute Gasteiger partial charge is 0.423 e. The summed E-state index contributed by atoms with van der Waals surface area (Å²) >= 11 is 0. The molecule has 9 heteroatoms. The minimum atomic E-state index is -0.827. The van der Waals surface area contributed by atoms with Crippen molar-refractivity contribution in [3.8, 4) is 5.75 Å². The van der Waals surface area contributed by atoms with Crippen LogP contribution in [0.25, 0.3) is 11.0 Å². The summed E-state index contributed by atoms with van der Waals surface area (Å²) in [6.07, 6.45) is 0.616. The molecule has 0 bridgehead atoms. The molecule has 0 aliphatic rings. The predicted molar refractivity (Wildman–Crippen MR) is 123 cm³/mol. The van der Waals surface area contributed by atoms with E-state index in [1.807, 2.05) is 30.3 Å². The Kier molecular flexibility index (Phi) is 6.45. The van der Waals surface area contributed by atoms with E-state index < -0.39 is 22.4 Å². The number of amides is 1. The van der Waals surface area contributed by atoms with Gasteiger partial charge in [-0.05, 0) is 36.2 Å². The fourth-order valence-electron chi connectivity index (χ4n) is 3.29. The van der Waals surface area contributed by atoms with Gasteiger partial charge in [0.05, 0.1) is 10.5 Å². The van der Waals surface area contributed by atoms with Gasteiger partial charge in [-0.25, -0.2) is 9.59 Å². The van der Waals surface area contributed by atoms with Gasteiger partial charge in [-0.3, -0.25) is 14.9 Å². The summed E-state index contributed by atoms with van der Waals surface area (Å²) in [5.41, 5.74) is -0.0312. The van der Waals surface area contributed by atoms with Crippen LogP contribution in [0, 0.1) is 10.1 Å². The first-order valence-corrected chi connectivity index (χ1v) is 10.3. The molecule has 0 fully saturated rings. The monoisotopic (exact) mass is 458 g/mol. The van der Waals surface area contributed by atoms with E-state index in [2.05, 4.69) is 5.32 Å². The van der Waals surface area contributed by atoms with Crippen molar-refractivity contribution in [3.63, 3.8) is 0 Å². The highest BCUT2D eigenvalue weighted by Gasteiger charge is 2.16. The summed E-state index contributed by atoms with van der Waals surface area (Å²) in [7, 11) is 0. The van der Waals surface area contributed by atoms with Crippen molar-refractivity contribution < 1.29 is 23.7 Å². The van der Waals surface area contributed by atoms with Gasteiger partial charge in [-0.1, -0.05) is 36.4 Å². The van der Waals surface area contributed by atoms with Crippen molar-refractivity contribution in [3.05, 3.63) is 116 Å². The fourth-order valence-corrected chi connectivity index (χ4v) is 3.29. The Hall–Kier alpha value is -4.79. The van der Waals surface area contributed by atoms with Crippen LogP contribution in [0.1, 0.15) is 26.3 Å². The second kappa shape index (κ2) is 9.78. The van der Waals surface area contributed by atoms with E-state index in [1.54, 1.807) is 0 Å². The molecule has 1 N–H and O–H groups in total. The van der Waals surface area contributed by atoms with Gasteiger partial charge < -0.3 is 14.5 Å². The average Bonchev–Trinajstić information content (AvgIpc) is 2.84. The quantitative estimate of drug-likeness (QED) is 0.146. The summed E-state index contributed by atoms with van der Waals surface area (Å²) in [5, 5.41) is 14.1. The first-order chi connectivity index (χ1) is 16.4. The second-order valence-corrected chi connectivity index (χ2v) is 7.34. The number of nitrogens with one attached hydrogen (secondary N) is 1. The predicted octanol–water partition coefficient (Wildman–Crippen LogP) is 3.89. The first kappa shape index (κ1) is 22.4. The molecular formula is C25H18N2O7. The van der Waals surface area contributed by atoms with Crippen LogP contribution in [0.3, 0.4) is 0 Å². The molecule has 34 heavy (non-hydrogen) atoms. The molecule has 0 unspecified atom stereocenters. The van der Waals surface area contributed by atoms with Crippen molar-refractivity contribution in [2.45, 2.75) is 6.42 Å². The Morgan fingerprint density at radius 1 is 0.971 bits per heavy atom. The Labute approximate surface area is 192 Å². The lowest BCUT2D eigenvalue weighted by atomic mass is 10.1. The standard InChI is InChI=1S/C25H18N2O7/c28-23(26-12-11-16-5-2-1-3-6-16)21-14-17-9-10-20(15-22(17)34-25(21)30)33-24(29)18-7-4-8-19(13-18)27(31)32/h1-10,13-15H,11-12H2,(H,26,28). The fraction of sp³-hybridized carbons (Fsp3) is 0.0800. The highest BCUT2D eigenvalue weighted by molar-refractivity contribution is 5.97. The van der Waals surface area contributed by atoms with E-state index in [0.29, 0.717) is 18.4 Å². The summed E-state index contributed by atoms with van der Waals surface area (Å²) < 4.78 is 10.5. The lowest BCUT2D eigenvalue weighted by Crippen LogP contribution is -2.29. The summed E-state index contributed by atoms with van der Waals surface area (Å²) in [6.45, 7) is 0.354. The molecule has 3 aromatic carbocycles. The first-order valence-electron chi connectivity index (χ1n) is 10.3. The summed E-state index contributed by atoms with van der Waals surface area (Å²) in [5.74, 6) is -1.28. The van der Waals surface area contributed by atoms with Crippen LogP contribution < -0.4 is 15.7 Å². The van der Waals surface area contributed by atoms with Crippen molar-refractivity contribution in [2.24, 2.45) is 0 Å². The van der Waals surface area contributed by atoms with Gasteiger partial charge in [0.2, 0.25) is 0 Å². The number of nitrogens with zero attached hydrogens (tertiary/aromatic N) is 1. The molecule has 1 amide bonds. The molecule has 0 aliphatic heterocycles. The van der Waals surface area contributed by atoms with Gasteiger partial charge in [-0.2, -0.15) is 0 Å². The van der Waals surface area contributed by atoms with Gasteiger partial charge in [0.25, 0.3) is 11.6 Å². The number of benzene rings is 3. The summed E-state index contributed by atoms with van der Waals surface area (Å²) in [4.78, 5) is 47.4. The minimum absolute atomic E-state index is 0.00160. The number of nitro benzene ring substituents is 1. The van der Waals surface area contributed by atoms with Crippen molar-refractivity contribution in [2.75, 3.05) is 6.54 Å². The van der Waals surface area contributed by atoms with Gasteiger partial charge in [0.15, 0.2) is 0 Å². The molecule has 9 nitrogen and oxygen atoms in total. The molecule has 1 aromatic heterocycles. The highest BCUT2D eigenvalue weighted by Crippen LogP contribution is 2.22. The molecule has 0 spiro atoms. The number of hydrogen-bond acceptors (Lipinski definition) is 7. The number of ether oxygens (including phenoxy) is 1. The number of fused-ring (bicyclic) bond motifs is 1. The zero-order valence-corrected chi connectivity index (χ0v) is 17.7. The molecule has 0 saturated heterocycles. The van der Waals surface area contributed by atoms with Crippen molar-refractivity contribution in [1.82, 2.24) is 5.32 Å². The normalized spacial score (nSPS) is 10.6. The van der Waals surface area contributed by atoms with E-state index in [0.717, 1.165) is 11.6 Å². The van der Waals surface area contributed by atoms with E-state index in [1.165, 1.54) is 42.5 Å². The van der Waals surface area contributed by atoms with Crippen LogP contribution in [0.2, 0.25) is 0 Å². The van der Waals surface area contributed by atoms with Crippen LogP contribution in [0.5, 0.6) is 5.75 Å². The highest BCUT2D eigenvalue weighted by atomic mass is 16.6. The van der Waals surface area contributed by atoms with Crippen molar-refractivity contribution in [1.29, 1.82) is 0 Å². The van der Waals surface area contributed by atoms with Gasteiger partial charge >= 0.3 is 11.6 Å². The third-order valence-corrected chi connectivity index (χ3v) is 5.00. The second-order valence-electron chi connectivity index (χ2n) is 7.34. The number of non-ortho nitro benzene ring substituents is 1. The number of nitro groups is 1. The Bertz CT molecular complexity index is 1440. The average molecular weight is 458 g/mol. The van der Waals surface area contributed by atoms with E-state index in [4.69, 9.17) is 9.15 Å². The Morgan fingerprint density at radius 3 is 2.53 bits per heavy atom. The molecular weight excluding hydrogens is 440 g/mol. The van der Waals surface area contributed by atoms with Crippen LogP contribution in [0.15, 0.2) is 88.1 Å². The van der Waals surface area contributed by atoms with Gasteiger partial charge in [-0.15, -0.1) is 0 Å². The lowest BCUT2D eigenvalue weighted by molar-refractivity contribution is -0.384. The lowest BCUT2D eigenvalue weighted by Gasteiger charge is -2.07. The maximum Gasteiger partial charge on any atom is 0.349 e. The number of hydrogen-bond donors (Lipinski definition) is 1. The number of carbonyl (C=O) groups is 2. The maximum absolute atomic E-state index is 12.5. The number of carbonyl (C=O) groups excluding carboxylic acids is 2. The number of esters is 1. The van der Waals surface area contributed by atoms with Gasteiger partial charge in [0.1, 0.15) is 16.9 Å². The minimum Gasteiger partial charge on any atom is -0.423 e. The topological polar surface area (TPSA) is 129 Å². The van der Waals surface area contributed by atoms with Crippen LogP contribution in [0.4, 0.5) is 5.69 Å². The van der Waals surface area contributed by atoms with Gasteiger partial charge in [0, 0.05) is 30.1 Å². The summed E-state index contributed by atoms with van der Waals surface area (Å²) in [6, 6.07) is 20.5. The van der Waals surface area contributed by atoms with Crippen LogP contribution in [-0.4, -0.2) is 23.3 Å². The zero-order chi connectivity index (χ0) is 24.1. The Morgan fingerprint density at radius 2 is 1.76 bits per heavy atom. The third-order valence-electron chi connectivity index (χ3n) is 5.00. The van der Waals surface area contributed by atoms with Crippen LogP contribution in [-0.2, 0) is 6.42 Å². The molecule has 4 aromatic rings. The molecule has 0 atom stereocenters. The van der Waals surface area contributed by atoms with E-state index in [-0.39, 0.29) is 28.1 Å². The SMILES string of the molecule is O=C(Oc1ccc2cc(C(=O)NCCc3ccccc3)c(=O)oc2c1)c1cccc([N+](=O)[O-])c1. The molecule has 170 valence electrons. The molecule has 0 aliphatic carbocycles. The number of rotatable bonds is 7. The molecule has 1 heterocycles. The molecule has 0 saturated carbocycles. The van der Waals surface area contributed by atoms with Crippen LogP contribution >= 0.6 is 0 Å². The van der Waals surface area contributed by atoms with E-state index in [9.17, 15) is 24.5 Å². The third kappa shape index (κ3) is 5.16. The molecule has 0 radical (unpaired) electrons. The maximum atomic E-state index is 12.5. The van der Waals surface area contributed by atoms with Crippen molar-refractivity contribution >= 4 is 28.5 Å². The zero-order valence-electron chi connectivity index (χ0n) is 17.7. The Balaban J connectivity index is 1.47. The molecule has 4 rings (SSSR count).